The van der Waals surface area contributed by atoms with Crippen LogP contribution in [0.2, 0.25) is 5.02 Å². The van der Waals surface area contributed by atoms with Gasteiger partial charge in [0.05, 0.1) is 20.8 Å². The quantitative estimate of drug-likeness (QED) is 0.535. The van der Waals surface area contributed by atoms with Gasteiger partial charge in [-0.3, -0.25) is 9.78 Å². The Morgan fingerprint density at radius 1 is 1.16 bits per heavy atom. The molecule has 6 nitrogen and oxygen atoms in total. The average Bonchev–Trinajstić information content (AvgIpc) is 3.23. The molecule has 0 saturated heterocycles. The molecular weight excluding hydrogens is 428 g/mol. The second-order valence-corrected chi connectivity index (χ2v) is 7.75. The minimum absolute atomic E-state index is 0.164. The highest BCUT2D eigenvalue weighted by molar-refractivity contribution is 6.31. The van der Waals surface area contributed by atoms with Crippen molar-refractivity contribution in [3.8, 4) is 28.4 Å². The third kappa shape index (κ3) is 4.86. The number of fused-ring (bicyclic) bond motifs is 1. The summed E-state index contributed by atoms with van der Waals surface area (Å²) in [6, 6.07) is 13.1. The highest BCUT2D eigenvalue weighted by Crippen LogP contribution is 2.40. The van der Waals surface area contributed by atoms with Crippen LogP contribution >= 0.6 is 11.6 Å². The van der Waals surface area contributed by atoms with Crippen LogP contribution in [0.1, 0.15) is 11.1 Å². The zero-order chi connectivity index (χ0) is 22.5. The Morgan fingerprint density at radius 3 is 2.69 bits per heavy atom. The Labute approximate surface area is 191 Å². The van der Waals surface area contributed by atoms with Gasteiger partial charge in [0.15, 0.2) is 11.5 Å². The first-order chi connectivity index (χ1) is 15.6. The van der Waals surface area contributed by atoms with Gasteiger partial charge in [0.2, 0.25) is 5.91 Å². The van der Waals surface area contributed by atoms with E-state index >= 15 is 0 Å². The lowest BCUT2D eigenvalue weighted by atomic mass is 10.0. The largest absolute Gasteiger partial charge is 0.493 e. The van der Waals surface area contributed by atoms with E-state index in [0.29, 0.717) is 29.5 Å². The average molecular weight is 451 g/mol. The standard InChI is InChI=1S/C25H23ClN2O4/c1-30-22-5-3-16(11-23(22)31-2)4-6-24(29)28-15-20-13-18-12-19(26)14-21(25(18)32-20)17-7-9-27-10-8-17/h3-12,14,20H,13,15H2,1-2H3,(H,28,29). The zero-order valence-electron chi connectivity index (χ0n) is 17.8. The summed E-state index contributed by atoms with van der Waals surface area (Å²) < 4.78 is 16.7. The number of ether oxygens (including phenoxy) is 3. The molecule has 1 aliphatic heterocycles. The summed E-state index contributed by atoms with van der Waals surface area (Å²) >= 11 is 6.33. The lowest BCUT2D eigenvalue weighted by Crippen LogP contribution is -2.33. The minimum Gasteiger partial charge on any atom is -0.493 e. The predicted molar refractivity (Wildman–Crippen MR) is 124 cm³/mol. The number of nitrogens with zero attached hydrogens (tertiary/aromatic N) is 1. The first kappa shape index (κ1) is 21.7. The van der Waals surface area contributed by atoms with Gasteiger partial charge in [-0.25, -0.2) is 0 Å². The molecule has 1 N–H and O–H groups in total. The maximum atomic E-state index is 12.3. The molecule has 0 saturated carbocycles. The summed E-state index contributed by atoms with van der Waals surface area (Å²) in [6.07, 6.45) is 7.20. The van der Waals surface area contributed by atoms with Gasteiger partial charge in [-0.05, 0) is 53.6 Å². The molecule has 1 aliphatic rings. The van der Waals surface area contributed by atoms with Gasteiger partial charge in [0.1, 0.15) is 11.9 Å². The van der Waals surface area contributed by atoms with E-state index in [2.05, 4.69) is 10.3 Å². The van der Waals surface area contributed by atoms with E-state index in [4.69, 9.17) is 25.8 Å². The van der Waals surface area contributed by atoms with Crippen LogP contribution in [-0.4, -0.2) is 37.8 Å². The number of pyridine rings is 1. The Hall–Kier alpha value is -3.51. The van der Waals surface area contributed by atoms with Crippen LogP contribution in [0.4, 0.5) is 0 Å². The first-order valence-corrected chi connectivity index (χ1v) is 10.5. The Kier molecular flexibility index (Phi) is 6.61. The van der Waals surface area contributed by atoms with Crippen LogP contribution in [-0.2, 0) is 11.2 Å². The highest BCUT2D eigenvalue weighted by Gasteiger charge is 2.26. The normalized spacial score (nSPS) is 14.7. The molecule has 1 aromatic heterocycles. The minimum atomic E-state index is -0.202. The maximum Gasteiger partial charge on any atom is 0.244 e. The number of aromatic nitrogens is 1. The number of hydrogen-bond acceptors (Lipinski definition) is 5. The van der Waals surface area contributed by atoms with Crippen LogP contribution < -0.4 is 19.5 Å². The summed E-state index contributed by atoms with van der Waals surface area (Å²) in [4.78, 5) is 16.4. The SMILES string of the molecule is COc1ccc(C=CC(=O)NCC2Cc3cc(Cl)cc(-c4ccncc4)c3O2)cc1OC. The number of amides is 1. The van der Waals surface area contributed by atoms with Crippen molar-refractivity contribution in [2.45, 2.75) is 12.5 Å². The van der Waals surface area contributed by atoms with E-state index in [9.17, 15) is 4.79 Å². The van der Waals surface area contributed by atoms with E-state index in [1.54, 1.807) is 38.8 Å². The molecule has 1 unspecified atom stereocenters. The number of halogens is 1. The lowest BCUT2D eigenvalue weighted by molar-refractivity contribution is -0.116. The molecule has 2 heterocycles. The molecule has 0 spiro atoms. The molecule has 4 rings (SSSR count). The summed E-state index contributed by atoms with van der Waals surface area (Å²) in [5, 5.41) is 3.56. The molecular formula is C25H23ClN2O4. The van der Waals surface area contributed by atoms with Gasteiger partial charge in [-0.1, -0.05) is 17.7 Å². The second kappa shape index (κ2) is 9.75. The summed E-state index contributed by atoms with van der Waals surface area (Å²) in [6.45, 7) is 0.386. The monoisotopic (exact) mass is 450 g/mol. The van der Waals surface area contributed by atoms with E-state index in [0.717, 1.165) is 28.0 Å². The van der Waals surface area contributed by atoms with E-state index in [1.807, 2.05) is 36.4 Å². The van der Waals surface area contributed by atoms with Gasteiger partial charge in [-0.15, -0.1) is 0 Å². The number of nitrogens with one attached hydrogen (secondary N) is 1. The zero-order valence-corrected chi connectivity index (χ0v) is 18.6. The fourth-order valence-corrected chi connectivity index (χ4v) is 3.90. The second-order valence-electron chi connectivity index (χ2n) is 7.31. The van der Waals surface area contributed by atoms with Crippen molar-refractivity contribution in [2.75, 3.05) is 20.8 Å². The molecule has 1 atom stereocenters. The highest BCUT2D eigenvalue weighted by atomic mass is 35.5. The Morgan fingerprint density at radius 2 is 1.94 bits per heavy atom. The molecule has 0 aliphatic carbocycles. The molecule has 0 radical (unpaired) electrons. The molecule has 2 aromatic carbocycles. The van der Waals surface area contributed by atoms with Crippen molar-refractivity contribution in [1.29, 1.82) is 0 Å². The smallest absolute Gasteiger partial charge is 0.244 e. The van der Waals surface area contributed by atoms with E-state index < -0.39 is 0 Å². The van der Waals surface area contributed by atoms with Gasteiger partial charge >= 0.3 is 0 Å². The number of hydrogen-bond donors (Lipinski definition) is 1. The first-order valence-electron chi connectivity index (χ1n) is 10.1. The van der Waals surface area contributed by atoms with Gasteiger partial charge < -0.3 is 19.5 Å². The number of carbonyl (C=O) groups excluding carboxylic acids is 1. The van der Waals surface area contributed by atoms with E-state index in [-0.39, 0.29) is 12.0 Å². The fraction of sp³-hybridized carbons (Fsp3) is 0.200. The van der Waals surface area contributed by atoms with Gasteiger partial charge in [0.25, 0.3) is 0 Å². The topological polar surface area (TPSA) is 69.7 Å². The molecule has 3 aromatic rings. The fourth-order valence-electron chi connectivity index (χ4n) is 3.66. The predicted octanol–water partition coefficient (Wildman–Crippen LogP) is 4.55. The third-order valence-electron chi connectivity index (χ3n) is 5.19. The maximum absolute atomic E-state index is 12.3. The van der Waals surface area contributed by atoms with Crippen molar-refractivity contribution in [3.05, 3.63) is 77.1 Å². The number of rotatable bonds is 7. The number of methoxy groups -OCH3 is 2. The van der Waals surface area contributed by atoms with Crippen molar-refractivity contribution in [1.82, 2.24) is 10.3 Å². The van der Waals surface area contributed by atoms with Gasteiger partial charge in [0, 0.05) is 41.0 Å². The molecule has 0 bridgehead atoms. The molecule has 164 valence electrons. The summed E-state index contributed by atoms with van der Waals surface area (Å²) in [5.74, 6) is 1.85. The lowest BCUT2D eigenvalue weighted by Gasteiger charge is -2.13. The molecule has 1 amide bonds. The molecule has 7 heteroatoms. The van der Waals surface area contributed by atoms with Crippen LogP contribution in [0, 0.1) is 0 Å². The summed E-state index contributed by atoms with van der Waals surface area (Å²) in [7, 11) is 3.16. The molecule has 0 fully saturated rings. The van der Waals surface area contributed by atoms with Crippen LogP contribution in [0.5, 0.6) is 17.2 Å². The summed E-state index contributed by atoms with van der Waals surface area (Å²) in [5.41, 5.74) is 3.78. The number of carbonyl (C=O) groups is 1. The van der Waals surface area contributed by atoms with Crippen LogP contribution in [0.3, 0.4) is 0 Å². The third-order valence-corrected chi connectivity index (χ3v) is 5.41. The van der Waals surface area contributed by atoms with Crippen LogP contribution in [0.25, 0.3) is 17.2 Å². The van der Waals surface area contributed by atoms with Crippen molar-refractivity contribution in [2.24, 2.45) is 0 Å². The van der Waals surface area contributed by atoms with Crippen molar-refractivity contribution in [3.63, 3.8) is 0 Å². The van der Waals surface area contributed by atoms with Crippen LogP contribution in [0.15, 0.2) is 60.9 Å². The van der Waals surface area contributed by atoms with Crippen molar-refractivity contribution < 1.29 is 19.0 Å². The number of benzene rings is 2. The Balaban J connectivity index is 1.38. The van der Waals surface area contributed by atoms with E-state index in [1.165, 1.54) is 6.08 Å². The molecule has 32 heavy (non-hydrogen) atoms. The van der Waals surface area contributed by atoms with Gasteiger partial charge in [-0.2, -0.15) is 0 Å². The van der Waals surface area contributed by atoms with Crippen molar-refractivity contribution >= 4 is 23.6 Å². The Bertz CT molecular complexity index is 1150.